The van der Waals surface area contributed by atoms with Gasteiger partial charge in [0.15, 0.2) is 11.6 Å². The molecule has 0 saturated carbocycles. The molecule has 2 N–H and O–H groups in total. The van der Waals surface area contributed by atoms with Crippen LogP contribution >= 0.6 is 11.3 Å². The lowest BCUT2D eigenvalue weighted by atomic mass is 10.2. The van der Waals surface area contributed by atoms with Crippen molar-refractivity contribution in [2.45, 2.75) is 13.8 Å². The number of halogens is 1. The summed E-state index contributed by atoms with van der Waals surface area (Å²) in [7, 11) is 0. The molecule has 4 nitrogen and oxygen atoms in total. The lowest BCUT2D eigenvalue weighted by molar-refractivity contribution is 0.624. The zero-order chi connectivity index (χ0) is 13.6. The predicted molar refractivity (Wildman–Crippen MR) is 74.5 cm³/mol. The van der Waals surface area contributed by atoms with E-state index in [1.165, 1.54) is 29.7 Å². The first-order valence-electron chi connectivity index (χ1n) is 5.72. The molecule has 19 heavy (non-hydrogen) atoms. The number of hydrogen-bond acceptors (Lipinski definition) is 5. The molecule has 0 radical (unpaired) electrons. The lowest BCUT2D eigenvalue weighted by Gasteiger charge is -2.03. The summed E-state index contributed by atoms with van der Waals surface area (Å²) in [6.45, 7) is 3.98. The van der Waals surface area contributed by atoms with E-state index in [9.17, 15) is 4.39 Å². The van der Waals surface area contributed by atoms with E-state index in [-0.39, 0.29) is 11.5 Å². The first kappa shape index (κ1) is 12.0. The molecule has 0 spiro atoms. The van der Waals surface area contributed by atoms with E-state index in [1.807, 2.05) is 13.8 Å². The average Bonchev–Trinajstić information content (AvgIpc) is 2.66. The first-order chi connectivity index (χ1) is 9.08. The first-order valence-corrected chi connectivity index (χ1v) is 6.53. The minimum Gasteiger partial charge on any atom is -0.383 e. The van der Waals surface area contributed by atoms with Crippen LogP contribution in [0, 0.1) is 19.7 Å². The molecule has 0 bridgehead atoms. The fraction of sp³-hybridized carbons (Fsp3) is 0.154. The van der Waals surface area contributed by atoms with Crippen LogP contribution in [0.25, 0.3) is 21.7 Å². The van der Waals surface area contributed by atoms with Gasteiger partial charge in [0.05, 0.1) is 5.39 Å². The molecule has 0 aliphatic rings. The number of fused-ring (bicyclic) bond motifs is 1. The molecule has 0 aliphatic heterocycles. The molecule has 0 saturated heterocycles. The van der Waals surface area contributed by atoms with Crippen molar-refractivity contribution in [3.05, 3.63) is 34.6 Å². The second-order valence-electron chi connectivity index (χ2n) is 4.23. The predicted octanol–water partition coefficient (Wildman–Crippen LogP) is 3.09. The van der Waals surface area contributed by atoms with E-state index in [4.69, 9.17) is 5.73 Å². The number of hydrogen-bond donors (Lipinski definition) is 1. The monoisotopic (exact) mass is 274 g/mol. The molecule has 0 aromatic carbocycles. The van der Waals surface area contributed by atoms with Crippen LogP contribution in [0.2, 0.25) is 0 Å². The molecule has 3 aromatic rings. The van der Waals surface area contributed by atoms with Crippen molar-refractivity contribution in [3.8, 4) is 11.5 Å². The number of thiophene rings is 1. The van der Waals surface area contributed by atoms with Gasteiger partial charge < -0.3 is 5.73 Å². The summed E-state index contributed by atoms with van der Waals surface area (Å²) >= 11 is 1.53. The van der Waals surface area contributed by atoms with Gasteiger partial charge in [-0.1, -0.05) is 0 Å². The molecule has 0 atom stereocenters. The van der Waals surface area contributed by atoms with Crippen LogP contribution in [0.5, 0.6) is 0 Å². The van der Waals surface area contributed by atoms with Crippen LogP contribution in [0.4, 0.5) is 10.2 Å². The van der Waals surface area contributed by atoms with Crippen molar-refractivity contribution in [1.29, 1.82) is 0 Å². The van der Waals surface area contributed by atoms with Crippen LogP contribution in [0.3, 0.4) is 0 Å². The average molecular weight is 274 g/mol. The third-order valence-corrected chi connectivity index (χ3v) is 4.13. The van der Waals surface area contributed by atoms with Gasteiger partial charge in [-0.15, -0.1) is 11.3 Å². The SMILES string of the molecule is Cc1sc2nc(-c3ncccc3F)nc(N)c2c1C. The van der Waals surface area contributed by atoms with Crippen molar-refractivity contribution in [2.75, 3.05) is 5.73 Å². The van der Waals surface area contributed by atoms with Crippen LogP contribution in [-0.4, -0.2) is 15.0 Å². The second-order valence-corrected chi connectivity index (χ2v) is 5.43. The number of pyridine rings is 1. The number of aryl methyl sites for hydroxylation is 2. The molecule has 3 aromatic heterocycles. The minimum atomic E-state index is -0.453. The van der Waals surface area contributed by atoms with Crippen LogP contribution in [0.1, 0.15) is 10.4 Å². The second kappa shape index (κ2) is 4.24. The largest absolute Gasteiger partial charge is 0.383 e. The summed E-state index contributed by atoms with van der Waals surface area (Å²) < 4.78 is 13.7. The Hall–Kier alpha value is -2.08. The minimum absolute atomic E-state index is 0.125. The molecule has 3 heterocycles. The van der Waals surface area contributed by atoms with Gasteiger partial charge in [-0.2, -0.15) is 0 Å². The Bertz CT molecular complexity index is 782. The Balaban J connectivity index is 2.30. The number of anilines is 1. The van der Waals surface area contributed by atoms with E-state index >= 15 is 0 Å². The zero-order valence-corrected chi connectivity index (χ0v) is 11.3. The van der Waals surface area contributed by atoms with Crippen molar-refractivity contribution in [1.82, 2.24) is 15.0 Å². The zero-order valence-electron chi connectivity index (χ0n) is 10.4. The maximum absolute atomic E-state index is 13.7. The number of nitrogens with two attached hydrogens (primary N) is 1. The smallest absolute Gasteiger partial charge is 0.184 e. The maximum atomic E-state index is 13.7. The van der Waals surface area contributed by atoms with E-state index in [2.05, 4.69) is 15.0 Å². The van der Waals surface area contributed by atoms with Crippen molar-refractivity contribution < 1.29 is 4.39 Å². The summed E-state index contributed by atoms with van der Waals surface area (Å²) in [6.07, 6.45) is 1.51. The highest BCUT2D eigenvalue weighted by molar-refractivity contribution is 7.18. The third-order valence-electron chi connectivity index (χ3n) is 3.03. The van der Waals surface area contributed by atoms with E-state index in [0.717, 1.165) is 20.7 Å². The summed E-state index contributed by atoms with van der Waals surface area (Å²) in [5, 5.41) is 0.850. The van der Waals surface area contributed by atoms with E-state index < -0.39 is 5.82 Å². The Kier molecular flexibility index (Phi) is 2.67. The topological polar surface area (TPSA) is 64.7 Å². The van der Waals surface area contributed by atoms with Crippen molar-refractivity contribution in [3.63, 3.8) is 0 Å². The van der Waals surface area contributed by atoms with Gasteiger partial charge in [-0.25, -0.2) is 19.3 Å². The molecule has 0 fully saturated rings. The number of nitrogen functional groups attached to an aromatic ring is 1. The highest BCUT2D eigenvalue weighted by Gasteiger charge is 2.16. The summed E-state index contributed by atoms with van der Waals surface area (Å²) in [5.41, 5.74) is 7.16. The molecule has 0 amide bonds. The molecular formula is C13H11FN4S. The Morgan fingerprint density at radius 1 is 1.26 bits per heavy atom. The Morgan fingerprint density at radius 2 is 2.05 bits per heavy atom. The molecule has 0 aliphatic carbocycles. The molecule has 0 unspecified atom stereocenters. The van der Waals surface area contributed by atoms with Gasteiger partial charge in [-0.3, -0.25) is 0 Å². The van der Waals surface area contributed by atoms with Crippen molar-refractivity contribution >= 4 is 27.4 Å². The molecule has 96 valence electrons. The summed E-state index contributed by atoms with van der Waals surface area (Å²) in [5.74, 6) is 0.141. The fourth-order valence-corrected chi connectivity index (χ4v) is 2.97. The van der Waals surface area contributed by atoms with Gasteiger partial charge in [0.2, 0.25) is 0 Å². The number of rotatable bonds is 1. The summed E-state index contributed by atoms with van der Waals surface area (Å²) in [6, 6.07) is 2.86. The standard InChI is InChI=1S/C13H11FN4S/c1-6-7(2)19-13-9(6)11(15)17-12(18-13)10-8(14)4-3-5-16-10/h3-5H,1-2H3,(H2,15,17,18). The number of aromatic nitrogens is 3. The van der Waals surface area contributed by atoms with E-state index in [1.54, 1.807) is 0 Å². The van der Waals surface area contributed by atoms with Crippen molar-refractivity contribution in [2.24, 2.45) is 0 Å². The number of nitrogens with zero attached hydrogens (tertiary/aromatic N) is 3. The van der Waals surface area contributed by atoms with Gasteiger partial charge in [-0.05, 0) is 31.5 Å². The molecular weight excluding hydrogens is 263 g/mol. The Labute approximate surface area is 113 Å². The van der Waals surface area contributed by atoms with Gasteiger partial charge >= 0.3 is 0 Å². The molecule has 6 heteroatoms. The fourth-order valence-electron chi connectivity index (χ4n) is 1.94. The normalized spacial score (nSPS) is 11.1. The van der Waals surface area contributed by atoms with Crippen LogP contribution in [-0.2, 0) is 0 Å². The summed E-state index contributed by atoms with van der Waals surface area (Å²) in [4.78, 5) is 14.4. The van der Waals surface area contributed by atoms with Gasteiger partial charge in [0.25, 0.3) is 0 Å². The van der Waals surface area contributed by atoms with Crippen LogP contribution in [0.15, 0.2) is 18.3 Å². The molecule has 3 rings (SSSR count). The lowest BCUT2D eigenvalue weighted by Crippen LogP contribution is -1.99. The maximum Gasteiger partial charge on any atom is 0.184 e. The quantitative estimate of drug-likeness (QED) is 0.740. The highest BCUT2D eigenvalue weighted by Crippen LogP contribution is 2.33. The Morgan fingerprint density at radius 3 is 2.79 bits per heavy atom. The third kappa shape index (κ3) is 1.84. The van der Waals surface area contributed by atoms with E-state index in [0.29, 0.717) is 5.82 Å². The van der Waals surface area contributed by atoms with Gasteiger partial charge in [0.1, 0.15) is 16.3 Å². The van der Waals surface area contributed by atoms with Crippen LogP contribution < -0.4 is 5.73 Å². The highest BCUT2D eigenvalue weighted by atomic mass is 32.1. The van der Waals surface area contributed by atoms with Gasteiger partial charge in [0, 0.05) is 11.1 Å².